The summed E-state index contributed by atoms with van der Waals surface area (Å²) in [4.78, 5) is -0.292. The molecule has 4 rings (SSSR count). The maximum Gasteiger partial charge on any atom is 0.124 e. The number of aromatic hydroxyl groups is 1. The fraction of sp³-hybridized carbons (Fsp3) is 0.385. The summed E-state index contributed by atoms with van der Waals surface area (Å²) in [5, 5.41) is 14.9. The monoisotopic (exact) mass is 646 g/mol. The lowest BCUT2D eigenvalue weighted by atomic mass is 9.79. The molecule has 0 radical (unpaired) electrons. The molecule has 0 heterocycles. The van der Waals surface area contributed by atoms with Crippen LogP contribution in [0.15, 0.2) is 108 Å². The van der Waals surface area contributed by atoms with E-state index < -0.39 is 28.2 Å². The zero-order valence-electron chi connectivity index (χ0n) is 28.1. The lowest BCUT2D eigenvalue weighted by Gasteiger charge is -2.28. The van der Waals surface area contributed by atoms with Gasteiger partial charge < -0.3 is 9.66 Å². The van der Waals surface area contributed by atoms with Crippen molar-refractivity contribution < 1.29 is 18.1 Å². The molecule has 0 amide bonds. The van der Waals surface area contributed by atoms with Crippen LogP contribution in [-0.2, 0) is 20.9 Å². The molecule has 0 aromatic heterocycles. The Hall–Kier alpha value is -2.98. The molecular formula is C39H51O4PS. The lowest BCUT2D eigenvalue weighted by molar-refractivity contribution is 0.420. The average Bonchev–Trinajstić information content (AvgIpc) is 2.99. The van der Waals surface area contributed by atoms with Crippen molar-refractivity contribution in [3.05, 3.63) is 114 Å². The Labute approximate surface area is 273 Å². The molecule has 4 aromatic rings. The summed E-state index contributed by atoms with van der Waals surface area (Å²) >= 11 is 0. The van der Waals surface area contributed by atoms with Crippen LogP contribution in [0.1, 0.15) is 91.7 Å². The number of phenols is 1. The second-order valence-electron chi connectivity index (χ2n) is 13.8. The fourth-order valence-corrected chi connectivity index (χ4v) is 10.7. The first-order chi connectivity index (χ1) is 21.1. The first-order valence-electron chi connectivity index (χ1n) is 16.0. The maximum atomic E-state index is 11.3. The summed E-state index contributed by atoms with van der Waals surface area (Å²) < 4.78 is 33.8. The molecule has 242 valence electrons. The van der Waals surface area contributed by atoms with Crippen LogP contribution in [0.4, 0.5) is 0 Å². The third-order valence-electron chi connectivity index (χ3n) is 8.18. The van der Waals surface area contributed by atoms with Crippen LogP contribution in [-0.4, -0.2) is 24.2 Å². The van der Waals surface area contributed by atoms with Gasteiger partial charge in [-0.3, -0.25) is 0 Å². The van der Waals surface area contributed by atoms with E-state index in [1.807, 2.05) is 41.5 Å². The Morgan fingerprint density at radius 2 is 0.978 bits per heavy atom. The van der Waals surface area contributed by atoms with Gasteiger partial charge in [0.15, 0.2) is 0 Å². The number of hydrogen-bond acceptors (Lipinski definition) is 4. The van der Waals surface area contributed by atoms with Gasteiger partial charge in [-0.2, -0.15) is 0 Å². The van der Waals surface area contributed by atoms with Crippen molar-refractivity contribution in [1.82, 2.24) is 0 Å². The van der Waals surface area contributed by atoms with E-state index in [0.717, 1.165) is 0 Å². The molecule has 0 saturated carbocycles. The highest BCUT2D eigenvalue weighted by Crippen LogP contribution is 2.56. The van der Waals surface area contributed by atoms with Crippen LogP contribution in [0.25, 0.3) is 0 Å². The first-order valence-corrected chi connectivity index (χ1v) is 19.4. The van der Waals surface area contributed by atoms with E-state index in [1.54, 1.807) is 0 Å². The Kier molecular flexibility index (Phi) is 12.6. The molecule has 6 heteroatoms. The summed E-state index contributed by atoms with van der Waals surface area (Å²) in [6, 6.07) is 36.2. The van der Waals surface area contributed by atoms with Crippen LogP contribution in [0, 0.1) is 0 Å². The lowest BCUT2D eigenvalue weighted by Crippen LogP contribution is -2.33. The summed E-state index contributed by atoms with van der Waals surface area (Å²) in [5.74, 6) is 0.0624. The summed E-state index contributed by atoms with van der Waals surface area (Å²) in [6.45, 7) is 13.4. The van der Waals surface area contributed by atoms with Crippen molar-refractivity contribution in [2.45, 2.75) is 96.3 Å². The minimum Gasteiger partial charge on any atom is -0.744 e. The topological polar surface area (TPSA) is 77.4 Å². The Morgan fingerprint density at radius 3 is 1.29 bits per heavy atom. The van der Waals surface area contributed by atoms with Crippen LogP contribution in [0.5, 0.6) is 5.75 Å². The van der Waals surface area contributed by atoms with Crippen LogP contribution >= 0.6 is 7.26 Å². The molecule has 0 saturated heterocycles. The van der Waals surface area contributed by atoms with Crippen molar-refractivity contribution in [1.29, 1.82) is 0 Å². The molecule has 0 unspecified atom stereocenters. The van der Waals surface area contributed by atoms with Crippen molar-refractivity contribution in [2.24, 2.45) is 0 Å². The van der Waals surface area contributed by atoms with E-state index in [0.29, 0.717) is 11.1 Å². The number of unbranched alkanes of at least 4 members (excludes halogenated alkanes) is 4. The van der Waals surface area contributed by atoms with Crippen LogP contribution in [0.2, 0.25) is 0 Å². The number of phenolic OH excluding ortho intramolecular Hbond substituents is 1. The minimum atomic E-state index is -4.55. The molecule has 0 bridgehead atoms. The number of benzene rings is 4. The molecule has 0 aliphatic carbocycles. The van der Waals surface area contributed by atoms with Gasteiger partial charge in [0.1, 0.15) is 39.0 Å². The molecule has 0 fully saturated rings. The molecule has 45 heavy (non-hydrogen) atoms. The largest absolute Gasteiger partial charge is 0.744 e. The summed E-state index contributed by atoms with van der Waals surface area (Å²) in [7, 11) is -6.15. The van der Waals surface area contributed by atoms with Crippen molar-refractivity contribution in [3.63, 3.8) is 0 Å². The molecule has 0 atom stereocenters. The Balaban J connectivity index is 0.000000259. The van der Waals surface area contributed by atoms with E-state index in [9.17, 15) is 18.1 Å². The second kappa shape index (κ2) is 15.5. The number of rotatable bonds is 10. The van der Waals surface area contributed by atoms with E-state index in [4.69, 9.17) is 0 Å². The predicted octanol–water partition coefficient (Wildman–Crippen LogP) is 8.84. The zero-order valence-corrected chi connectivity index (χ0v) is 29.8. The van der Waals surface area contributed by atoms with Crippen molar-refractivity contribution >= 4 is 33.3 Å². The summed E-state index contributed by atoms with van der Waals surface area (Å²) in [5.41, 5.74) is 0.0268. The van der Waals surface area contributed by atoms with Gasteiger partial charge in [0.05, 0.1) is 11.1 Å². The highest BCUT2D eigenvalue weighted by atomic mass is 32.2. The SMILES string of the molecule is CC(C)(C)c1cc(S(=O)(=O)[O-])cc(C(C)(C)C)c1O.CCCCCCC[P+](c1ccccc1)(c1ccccc1)c1ccccc1. The molecule has 4 nitrogen and oxygen atoms in total. The van der Waals surface area contributed by atoms with E-state index in [-0.39, 0.29) is 10.6 Å². The van der Waals surface area contributed by atoms with Crippen LogP contribution < -0.4 is 15.9 Å². The van der Waals surface area contributed by atoms with Crippen molar-refractivity contribution in [2.75, 3.05) is 6.16 Å². The number of hydrogen-bond donors (Lipinski definition) is 1. The van der Waals surface area contributed by atoms with E-state index in [1.165, 1.54) is 66.3 Å². The van der Waals surface area contributed by atoms with Gasteiger partial charge >= 0.3 is 0 Å². The van der Waals surface area contributed by atoms with Gasteiger partial charge in [-0.05, 0) is 72.2 Å². The van der Waals surface area contributed by atoms with E-state index >= 15 is 0 Å². The highest BCUT2D eigenvalue weighted by Gasteiger charge is 2.44. The Morgan fingerprint density at radius 1 is 0.622 bits per heavy atom. The smallest absolute Gasteiger partial charge is 0.124 e. The zero-order chi connectivity index (χ0) is 33.3. The highest BCUT2D eigenvalue weighted by molar-refractivity contribution is 7.95. The fourth-order valence-electron chi connectivity index (χ4n) is 5.73. The van der Waals surface area contributed by atoms with Crippen LogP contribution in [0.3, 0.4) is 0 Å². The third kappa shape index (κ3) is 9.51. The van der Waals surface area contributed by atoms with Gasteiger partial charge in [0.25, 0.3) is 0 Å². The standard InChI is InChI=1S/C25H30P.C14H22O4S/c1-2-3-4-5-15-22-26(23-16-9-6-10-17-23,24-18-11-7-12-19-24)25-20-13-8-14-21-25;1-13(2,3)10-7-9(19(16,17)18)8-11(12(10)15)14(4,5)6/h6-14,16-21H,2-5,15,22H2,1H3;7-8,15H,1-6H3,(H,16,17,18)/q+1;/p-1. The third-order valence-corrected chi connectivity index (χ3v) is 13.5. The van der Waals surface area contributed by atoms with Gasteiger partial charge in [0, 0.05) is 11.1 Å². The first kappa shape index (κ1) is 36.5. The van der Waals surface area contributed by atoms with Crippen molar-refractivity contribution in [3.8, 4) is 5.75 Å². The average molecular weight is 647 g/mol. The summed E-state index contributed by atoms with van der Waals surface area (Å²) in [6.07, 6.45) is 7.90. The van der Waals surface area contributed by atoms with E-state index in [2.05, 4.69) is 97.9 Å². The second-order valence-corrected chi connectivity index (χ2v) is 18.8. The molecule has 1 N–H and O–H groups in total. The predicted molar refractivity (Wildman–Crippen MR) is 192 cm³/mol. The molecule has 0 aliphatic heterocycles. The van der Waals surface area contributed by atoms with Gasteiger partial charge in [-0.25, -0.2) is 8.42 Å². The molecule has 0 spiro atoms. The molecule has 4 aromatic carbocycles. The van der Waals surface area contributed by atoms with Gasteiger partial charge in [-0.1, -0.05) is 122 Å². The normalized spacial score (nSPS) is 12.4. The molecular weight excluding hydrogens is 595 g/mol. The van der Waals surface area contributed by atoms with Gasteiger partial charge in [-0.15, -0.1) is 0 Å². The van der Waals surface area contributed by atoms with Gasteiger partial charge in [0.2, 0.25) is 0 Å². The maximum absolute atomic E-state index is 11.3. The minimum absolute atomic E-state index is 0.0624. The molecule has 0 aliphatic rings. The Bertz CT molecular complexity index is 1460. The quantitative estimate of drug-likeness (QED) is 0.106.